The summed E-state index contributed by atoms with van der Waals surface area (Å²) in [4.78, 5) is 16.9. The van der Waals surface area contributed by atoms with E-state index < -0.39 is 11.5 Å². The minimum absolute atomic E-state index is 0.284. The van der Waals surface area contributed by atoms with Crippen molar-refractivity contribution in [3.05, 3.63) is 65.7 Å². The van der Waals surface area contributed by atoms with Gasteiger partial charge in [-0.25, -0.2) is 4.39 Å². The predicted octanol–water partition coefficient (Wildman–Crippen LogP) is 2.97. The molecule has 1 heterocycles. The maximum absolute atomic E-state index is 13.1. The number of benzene rings is 1. The first-order valence-electron chi connectivity index (χ1n) is 7.30. The number of halogens is 1. The van der Waals surface area contributed by atoms with Crippen LogP contribution in [0, 0.1) is 17.1 Å². The molecule has 0 aliphatic rings. The van der Waals surface area contributed by atoms with Crippen LogP contribution in [0.2, 0.25) is 0 Å². The van der Waals surface area contributed by atoms with E-state index in [1.807, 2.05) is 18.2 Å². The Morgan fingerprint density at radius 3 is 2.57 bits per heavy atom. The Morgan fingerprint density at radius 2 is 2.00 bits per heavy atom. The Labute approximate surface area is 135 Å². The molecule has 2 rings (SSSR count). The van der Waals surface area contributed by atoms with E-state index in [1.54, 1.807) is 38.2 Å². The lowest BCUT2D eigenvalue weighted by molar-refractivity contribution is -0.123. The van der Waals surface area contributed by atoms with Crippen LogP contribution in [0.5, 0.6) is 0 Å². The van der Waals surface area contributed by atoms with E-state index in [9.17, 15) is 9.18 Å². The Kier molecular flexibility index (Phi) is 5.07. The van der Waals surface area contributed by atoms with Gasteiger partial charge in [-0.1, -0.05) is 18.2 Å². The van der Waals surface area contributed by atoms with E-state index in [4.69, 9.17) is 5.26 Å². The molecule has 23 heavy (non-hydrogen) atoms. The normalized spacial score (nSPS) is 12.3. The van der Waals surface area contributed by atoms with Crippen molar-refractivity contribution >= 4 is 5.91 Å². The van der Waals surface area contributed by atoms with Crippen molar-refractivity contribution in [3.63, 3.8) is 0 Å². The molecular formula is C18H18FN3O. The number of carbonyl (C=O) groups excluding carboxylic acids is 1. The summed E-state index contributed by atoms with van der Waals surface area (Å²) in [6, 6.07) is 13.3. The summed E-state index contributed by atoms with van der Waals surface area (Å²) in [5, 5.41) is 11.8. The van der Waals surface area contributed by atoms with E-state index in [-0.39, 0.29) is 11.7 Å². The molecule has 0 fully saturated rings. The van der Waals surface area contributed by atoms with Gasteiger partial charge >= 0.3 is 0 Å². The number of rotatable bonds is 5. The van der Waals surface area contributed by atoms with Crippen LogP contribution in [0.1, 0.15) is 31.0 Å². The Morgan fingerprint density at radius 1 is 1.30 bits per heavy atom. The van der Waals surface area contributed by atoms with Gasteiger partial charge in [0.1, 0.15) is 11.4 Å². The molecule has 1 aromatic heterocycles. The summed E-state index contributed by atoms with van der Waals surface area (Å²) < 4.78 is 13.1. The largest absolute Gasteiger partial charge is 0.338 e. The lowest BCUT2D eigenvalue weighted by Crippen LogP contribution is -2.44. The third kappa shape index (κ3) is 4.62. The first-order chi connectivity index (χ1) is 10.9. The maximum Gasteiger partial charge on any atom is 0.229 e. The molecule has 2 aromatic rings. The predicted molar refractivity (Wildman–Crippen MR) is 84.9 cm³/mol. The topological polar surface area (TPSA) is 65.8 Å². The molecule has 4 nitrogen and oxygen atoms in total. The van der Waals surface area contributed by atoms with E-state index in [1.165, 1.54) is 12.1 Å². The van der Waals surface area contributed by atoms with Gasteiger partial charge in [0.05, 0.1) is 12.0 Å². The highest BCUT2D eigenvalue weighted by atomic mass is 19.1. The number of nitriles is 1. The Bertz CT molecular complexity index is 705. The minimum Gasteiger partial charge on any atom is -0.338 e. The SMILES string of the molecule is CC(C)(C#N)NC(=O)C(Cc1ccccn1)c1ccc(F)cc1. The highest BCUT2D eigenvalue weighted by Crippen LogP contribution is 2.22. The molecule has 5 heteroatoms. The number of aromatic nitrogens is 1. The van der Waals surface area contributed by atoms with Crippen molar-refractivity contribution in [3.8, 4) is 6.07 Å². The standard InChI is InChI=1S/C18H18FN3O/c1-18(2,12-20)22-17(23)16(11-15-5-3-4-10-21-15)13-6-8-14(19)9-7-13/h3-10,16H,11H2,1-2H3,(H,22,23). The quantitative estimate of drug-likeness (QED) is 0.923. The summed E-state index contributed by atoms with van der Waals surface area (Å²) in [6.45, 7) is 3.26. The van der Waals surface area contributed by atoms with Crippen LogP contribution in [-0.4, -0.2) is 16.4 Å². The highest BCUT2D eigenvalue weighted by Gasteiger charge is 2.27. The van der Waals surface area contributed by atoms with E-state index in [0.29, 0.717) is 12.0 Å². The van der Waals surface area contributed by atoms with Crippen LogP contribution in [-0.2, 0) is 11.2 Å². The Balaban J connectivity index is 2.29. The van der Waals surface area contributed by atoms with Gasteiger partial charge in [0.2, 0.25) is 5.91 Å². The molecule has 0 radical (unpaired) electrons. The molecule has 0 saturated heterocycles. The summed E-state index contributed by atoms with van der Waals surface area (Å²) >= 11 is 0. The van der Waals surface area contributed by atoms with E-state index in [0.717, 1.165) is 5.69 Å². The van der Waals surface area contributed by atoms with Crippen molar-refractivity contribution in [2.45, 2.75) is 31.7 Å². The molecule has 1 N–H and O–H groups in total. The number of nitrogens with zero attached hydrogens (tertiary/aromatic N) is 2. The van der Waals surface area contributed by atoms with Crippen LogP contribution in [0.4, 0.5) is 4.39 Å². The molecule has 0 bridgehead atoms. The zero-order chi connectivity index (χ0) is 16.9. The van der Waals surface area contributed by atoms with Crippen molar-refractivity contribution in [2.24, 2.45) is 0 Å². The van der Waals surface area contributed by atoms with Gasteiger partial charge in [-0.15, -0.1) is 0 Å². The van der Waals surface area contributed by atoms with Crippen LogP contribution in [0.15, 0.2) is 48.7 Å². The summed E-state index contributed by atoms with van der Waals surface area (Å²) in [6.07, 6.45) is 2.04. The molecule has 0 aliphatic heterocycles. The number of hydrogen-bond acceptors (Lipinski definition) is 3. The van der Waals surface area contributed by atoms with Gasteiger partial charge in [0.25, 0.3) is 0 Å². The average molecular weight is 311 g/mol. The summed E-state index contributed by atoms with van der Waals surface area (Å²) in [5.74, 6) is -1.19. The van der Waals surface area contributed by atoms with Crippen molar-refractivity contribution in [1.82, 2.24) is 10.3 Å². The third-order valence-corrected chi connectivity index (χ3v) is 3.44. The van der Waals surface area contributed by atoms with E-state index in [2.05, 4.69) is 10.3 Å². The molecule has 1 unspecified atom stereocenters. The van der Waals surface area contributed by atoms with Crippen molar-refractivity contribution < 1.29 is 9.18 Å². The maximum atomic E-state index is 13.1. The number of hydrogen-bond donors (Lipinski definition) is 1. The zero-order valence-corrected chi connectivity index (χ0v) is 13.1. The molecule has 1 aromatic carbocycles. The molecule has 118 valence electrons. The lowest BCUT2D eigenvalue weighted by atomic mass is 9.92. The summed E-state index contributed by atoms with van der Waals surface area (Å²) in [7, 11) is 0. The molecule has 1 amide bonds. The van der Waals surface area contributed by atoms with Gasteiger partial charge in [-0.3, -0.25) is 9.78 Å². The second-order valence-electron chi connectivity index (χ2n) is 5.86. The molecule has 1 atom stereocenters. The smallest absolute Gasteiger partial charge is 0.229 e. The average Bonchev–Trinajstić information content (AvgIpc) is 2.54. The number of carbonyl (C=O) groups is 1. The molecular weight excluding hydrogens is 293 g/mol. The number of pyridine rings is 1. The van der Waals surface area contributed by atoms with Gasteiger partial charge < -0.3 is 5.32 Å². The fourth-order valence-corrected chi connectivity index (χ4v) is 2.21. The zero-order valence-electron chi connectivity index (χ0n) is 13.1. The number of amides is 1. The monoisotopic (exact) mass is 311 g/mol. The molecule has 0 spiro atoms. The van der Waals surface area contributed by atoms with Gasteiger partial charge in [-0.05, 0) is 43.7 Å². The second-order valence-corrected chi connectivity index (χ2v) is 5.86. The second kappa shape index (κ2) is 7.01. The van der Waals surface area contributed by atoms with Gasteiger partial charge in [0, 0.05) is 18.3 Å². The highest BCUT2D eigenvalue weighted by molar-refractivity contribution is 5.84. The van der Waals surface area contributed by atoms with Crippen LogP contribution in [0.25, 0.3) is 0 Å². The number of nitrogens with one attached hydrogen (secondary N) is 1. The van der Waals surface area contributed by atoms with Gasteiger partial charge in [-0.2, -0.15) is 5.26 Å². The first kappa shape index (κ1) is 16.6. The fourth-order valence-electron chi connectivity index (χ4n) is 2.21. The molecule has 0 aliphatic carbocycles. The van der Waals surface area contributed by atoms with Crippen molar-refractivity contribution in [1.29, 1.82) is 5.26 Å². The minimum atomic E-state index is -0.973. The van der Waals surface area contributed by atoms with Crippen LogP contribution >= 0.6 is 0 Å². The van der Waals surface area contributed by atoms with Crippen molar-refractivity contribution in [2.75, 3.05) is 0 Å². The first-order valence-corrected chi connectivity index (χ1v) is 7.30. The van der Waals surface area contributed by atoms with Crippen LogP contribution in [0.3, 0.4) is 0 Å². The summed E-state index contributed by atoms with van der Waals surface area (Å²) in [5.41, 5.74) is 0.467. The Hall–Kier alpha value is -2.74. The van der Waals surface area contributed by atoms with E-state index >= 15 is 0 Å². The third-order valence-electron chi connectivity index (χ3n) is 3.44. The lowest BCUT2D eigenvalue weighted by Gasteiger charge is -2.23. The van der Waals surface area contributed by atoms with Crippen LogP contribution < -0.4 is 5.32 Å². The van der Waals surface area contributed by atoms with Gasteiger partial charge in [0.15, 0.2) is 0 Å². The molecule has 0 saturated carbocycles. The fraction of sp³-hybridized carbons (Fsp3) is 0.278.